The third-order valence-corrected chi connectivity index (χ3v) is 5.65. The van der Waals surface area contributed by atoms with Gasteiger partial charge in [-0.3, -0.25) is 4.90 Å². The molecule has 5 heteroatoms. The van der Waals surface area contributed by atoms with Gasteiger partial charge in [0.15, 0.2) is 0 Å². The third kappa shape index (κ3) is 5.24. The van der Waals surface area contributed by atoms with Crippen LogP contribution in [0.5, 0.6) is 0 Å². The fourth-order valence-corrected chi connectivity index (χ4v) is 4.08. The first-order valence-corrected chi connectivity index (χ1v) is 10.1. The number of alkyl halides is 3. The number of halogens is 4. The average molecular weight is 432 g/mol. The van der Waals surface area contributed by atoms with E-state index in [0.717, 1.165) is 50.5 Å². The molecule has 1 nitrogen and oxygen atoms in total. The average Bonchev–Trinajstić information content (AvgIpc) is 2.74. The summed E-state index contributed by atoms with van der Waals surface area (Å²) in [6, 6.07) is 20.6. The highest BCUT2D eigenvalue weighted by molar-refractivity contribution is 5.86. The lowest BCUT2D eigenvalue weighted by Gasteiger charge is -2.26. The molecule has 0 atom stereocenters. The number of rotatable bonds is 5. The van der Waals surface area contributed by atoms with Crippen LogP contribution in [0.1, 0.15) is 29.5 Å². The summed E-state index contributed by atoms with van der Waals surface area (Å²) >= 11 is 0. The molecule has 0 N–H and O–H groups in total. The molecule has 4 rings (SSSR count). The lowest BCUT2D eigenvalue weighted by molar-refractivity contribution is -0.137. The molecular weight excluding hydrogens is 407 g/mol. The van der Waals surface area contributed by atoms with Gasteiger partial charge >= 0.3 is 6.18 Å². The molecule has 0 spiro atoms. The summed E-state index contributed by atoms with van der Waals surface area (Å²) in [6.45, 7) is 2.67. The second kappa shape index (κ2) is 9.67. The SMILES string of the molecule is Cl.FC(F)(F)c1cccc(C2=CCN(CCCc3cccc4ccccc34)CC2)c1. The van der Waals surface area contributed by atoms with Crippen molar-refractivity contribution >= 4 is 28.8 Å². The Morgan fingerprint density at radius 2 is 1.67 bits per heavy atom. The molecule has 3 aromatic carbocycles. The molecule has 0 radical (unpaired) electrons. The van der Waals surface area contributed by atoms with Crippen molar-refractivity contribution in [1.82, 2.24) is 4.90 Å². The van der Waals surface area contributed by atoms with Crippen LogP contribution in [0.25, 0.3) is 16.3 Å². The molecule has 1 heterocycles. The van der Waals surface area contributed by atoms with Crippen LogP contribution < -0.4 is 0 Å². The summed E-state index contributed by atoms with van der Waals surface area (Å²) in [7, 11) is 0. The van der Waals surface area contributed by atoms with Gasteiger partial charge in [-0.05, 0) is 65.4 Å². The van der Waals surface area contributed by atoms with E-state index in [1.807, 2.05) is 0 Å². The van der Waals surface area contributed by atoms with E-state index >= 15 is 0 Å². The monoisotopic (exact) mass is 431 g/mol. The van der Waals surface area contributed by atoms with Crippen LogP contribution in [0.2, 0.25) is 0 Å². The lowest BCUT2D eigenvalue weighted by atomic mass is 9.97. The minimum Gasteiger partial charge on any atom is -0.299 e. The van der Waals surface area contributed by atoms with E-state index in [1.165, 1.54) is 28.5 Å². The molecular formula is C25H25ClF3N. The Hall–Kier alpha value is -2.30. The van der Waals surface area contributed by atoms with Gasteiger partial charge in [0, 0.05) is 13.1 Å². The molecule has 0 bridgehead atoms. The Bertz CT molecular complexity index is 1020. The van der Waals surface area contributed by atoms with E-state index in [1.54, 1.807) is 6.07 Å². The van der Waals surface area contributed by atoms with E-state index in [4.69, 9.17) is 0 Å². The van der Waals surface area contributed by atoms with Gasteiger partial charge in [0.1, 0.15) is 0 Å². The zero-order chi connectivity index (χ0) is 20.3. The Morgan fingerprint density at radius 1 is 0.900 bits per heavy atom. The van der Waals surface area contributed by atoms with E-state index < -0.39 is 11.7 Å². The Balaban J connectivity index is 0.00000256. The van der Waals surface area contributed by atoms with Gasteiger partial charge in [-0.25, -0.2) is 0 Å². The molecule has 0 saturated heterocycles. The topological polar surface area (TPSA) is 3.24 Å². The third-order valence-electron chi connectivity index (χ3n) is 5.65. The first-order chi connectivity index (χ1) is 14.0. The standard InChI is InChI=1S/C25H24F3N.ClH/c26-25(27,28)23-11-4-9-22(18-23)19-13-16-29(17-14-19)15-5-10-21-8-3-7-20-6-1-2-12-24(20)21;/h1-4,6-9,11-13,18H,5,10,14-17H2;1H. The Kier molecular flexibility index (Phi) is 7.22. The van der Waals surface area contributed by atoms with Crippen molar-refractivity contribution < 1.29 is 13.2 Å². The van der Waals surface area contributed by atoms with Crippen molar-refractivity contribution in [3.8, 4) is 0 Å². The van der Waals surface area contributed by atoms with Crippen LogP contribution in [-0.2, 0) is 12.6 Å². The zero-order valence-electron chi connectivity index (χ0n) is 16.7. The van der Waals surface area contributed by atoms with Gasteiger partial charge in [0.2, 0.25) is 0 Å². The van der Waals surface area contributed by atoms with E-state index in [0.29, 0.717) is 5.56 Å². The highest BCUT2D eigenvalue weighted by Gasteiger charge is 2.30. The fourth-order valence-electron chi connectivity index (χ4n) is 4.08. The van der Waals surface area contributed by atoms with Gasteiger partial charge in [-0.15, -0.1) is 12.4 Å². The van der Waals surface area contributed by atoms with Crippen LogP contribution in [0, 0.1) is 0 Å². The number of fused-ring (bicyclic) bond motifs is 1. The molecule has 0 unspecified atom stereocenters. The van der Waals surface area contributed by atoms with E-state index in [9.17, 15) is 13.2 Å². The van der Waals surface area contributed by atoms with Crippen molar-refractivity contribution in [2.24, 2.45) is 0 Å². The molecule has 3 aromatic rings. The van der Waals surface area contributed by atoms with Crippen molar-refractivity contribution in [2.75, 3.05) is 19.6 Å². The maximum Gasteiger partial charge on any atom is 0.416 e. The molecule has 0 fully saturated rings. The van der Waals surface area contributed by atoms with Gasteiger partial charge in [-0.2, -0.15) is 13.2 Å². The van der Waals surface area contributed by atoms with E-state index in [-0.39, 0.29) is 12.4 Å². The summed E-state index contributed by atoms with van der Waals surface area (Å²) in [5, 5.41) is 2.59. The number of hydrogen-bond donors (Lipinski definition) is 0. The number of nitrogens with zero attached hydrogens (tertiary/aromatic N) is 1. The van der Waals surface area contributed by atoms with Gasteiger partial charge < -0.3 is 0 Å². The summed E-state index contributed by atoms with van der Waals surface area (Å²) in [6.07, 6.45) is 0.675. The molecule has 0 saturated carbocycles. The normalized spacial score (nSPS) is 15.0. The highest BCUT2D eigenvalue weighted by atomic mass is 35.5. The molecule has 0 aliphatic carbocycles. The lowest BCUT2D eigenvalue weighted by Crippen LogP contribution is -2.29. The minimum atomic E-state index is -4.29. The zero-order valence-corrected chi connectivity index (χ0v) is 17.5. The molecule has 0 amide bonds. The Morgan fingerprint density at radius 3 is 2.43 bits per heavy atom. The second-order valence-electron chi connectivity index (χ2n) is 7.60. The van der Waals surface area contributed by atoms with Crippen LogP contribution in [0.4, 0.5) is 13.2 Å². The van der Waals surface area contributed by atoms with Crippen LogP contribution in [0.3, 0.4) is 0 Å². The molecule has 0 aromatic heterocycles. The maximum absolute atomic E-state index is 12.9. The van der Waals surface area contributed by atoms with Crippen molar-refractivity contribution in [1.29, 1.82) is 0 Å². The van der Waals surface area contributed by atoms with Gasteiger partial charge in [0.05, 0.1) is 5.56 Å². The van der Waals surface area contributed by atoms with Gasteiger partial charge in [0.25, 0.3) is 0 Å². The van der Waals surface area contributed by atoms with Crippen LogP contribution in [0.15, 0.2) is 72.8 Å². The largest absolute Gasteiger partial charge is 0.416 e. The fraction of sp³-hybridized carbons (Fsp3) is 0.280. The van der Waals surface area contributed by atoms with Crippen molar-refractivity contribution in [2.45, 2.75) is 25.4 Å². The first kappa shape index (κ1) is 22.4. The minimum absolute atomic E-state index is 0. The Labute approximate surface area is 181 Å². The van der Waals surface area contributed by atoms with Crippen molar-refractivity contribution in [3.63, 3.8) is 0 Å². The maximum atomic E-state index is 12.9. The predicted octanol–water partition coefficient (Wildman–Crippen LogP) is 7.00. The highest BCUT2D eigenvalue weighted by Crippen LogP contribution is 2.32. The second-order valence-corrected chi connectivity index (χ2v) is 7.60. The predicted molar refractivity (Wildman–Crippen MR) is 120 cm³/mol. The van der Waals surface area contributed by atoms with Crippen LogP contribution in [-0.4, -0.2) is 24.5 Å². The number of hydrogen-bond acceptors (Lipinski definition) is 1. The van der Waals surface area contributed by atoms with Gasteiger partial charge in [-0.1, -0.05) is 60.7 Å². The van der Waals surface area contributed by atoms with E-state index in [2.05, 4.69) is 53.4 Å². The smallest absolute Gasteiger partial charge is 0.299 e. The first-order valence-electron chi connectivity index (χ1n) is 10.1. The molecule has 1 aliphatic rings. The summed E-state index contributed by atoms with van der Waals surface area (Å²) in [5.74, 6) is 0. The molecule has 30 heavy (non-hydrogen) atoms. The number of aryl methyl sites for hydroxylation is 1. The molecule has 158 valence electrons. The summed E-state index contributed by atoms with van der Waals surface area (Å²) in [4.78, 5) is 2.38. The molecule has 1 aliphatic heterocycles. The number of benzene rings is 3. The van der Waals surface area contributed by atoms with Crippen LogP contribution >= 0.6 is 12.4 Å². The summed E-state index contributed by atoms with van der Waals surface area (Å²) < 4.78 is 38.8. The quantitative estimate of drug-likeness (QED) is 0.420. The van der Waals surface area contributed by atoms with Crippen molar-refractivity contribution in [3.05, 3.63) is 89.5 Å². The summed E-state index contributed by atoms with van der Waals surface area (Å²) in [5.41, 5.74) is 2.50.